The lowest BCUT2D eigenvalue weighted by Gasteiger charge is -1.99. The zero-order chi connectivity index (χ0) is 13.8. The van der Waals surface area contributed by atoms with E-state index < -0.39 is 4.92 Å². The van der Waals surface area contributed by atoms with Crippen LogP contribution < -0.4 is 0 Å². The van der Waals surface area contributed by atoms with Gasteiger partial charge in [0.1, 0.15) is 10.7 Å². The Hall–Kier alpha value is -1.95. The van der Waals surface area contributed by atoms with Crippen molar-refractivity contribution in [2.75, 3.05) is 0 Å². The van der Waals surface area contributed by atoms with Gasteiger partial charge in [-0.3, -0.25) is 14.9 Å². The number of carbonyl (C=O) groups is 1. The predicted molar refractivity (Wildman–Crippen MR) is 72.2 cm³/mol. The Kier molecular flexibility index (Phi) is 4.11. The Morgan fingerprint density at radius 3 is 2.47 bits per heavy atom. The summed E-state index contributed by atoms with van der Waals surface area (Å²) in [5.41, 5.74) is 0.615. The average Bonchev–Trinajstić information content (AvgIpc) is 2.86. The molecule has 19 heavy (non-hydrogen) atoms. The Balaban J connectivity index is 1.96. The van der Waals surface area contributed by atoms with Crippen molar-refractivity contribution < 1.29 is 14.1 Å². The number of hydrogen-bond donors (Lipinski definition) is 0. The van der Waals surface area contributed by atoms with Crippen LogP contribution in [0.25, 0.3) is 0 Å². The quantitative estimate of drug-likeness (QED) is 0.477. The Bertz CT molecular complexity index is 603. The Morgan fingerprint density at radius 1 is 1.21 bits per heavy atom. The molecule has 0 fully saturated rings. The lowest BCUT2D eigenvalue weighted by molar-refractivity contribution is -0.402. The predicted octanol–water partition coefficient (Wildman–Crippen LogP) is 3.77. The number of nitrogens with zero attached hydrogens (tertiary/aromatic N) is 1. The number of Topliss-reactive ketones (excluding diaryl/α,β-unsaturated/α-hetero) is 1. The van der Waals surface area contributed by atoms with Gasteiger partial charge in [-0.05, 0) is 18.2 Å². The zero-order valence-corrected chi connectivity index (χ0v) is 11.4. The van der Waals surface area contributed by atoms with Crippen molar-refractivity contribution in [2.24, 2.45) is 0 Å². The lowest BCUT2D eigenvalue weighted by Crippen LogP contribution is -2.00. The molecule has 0 saturated carbocycles. The summed E-state index contributed by atoms with van der Waals surface area (Å²) in [4.78, 5) is 21.7. The van der Waals surface area contributed by atoms with Gasteiger partial charge in [0.25, 0.3) is 0 Å². The highest BCUT2D eigenvalue weighted by atomic mass is 79.9. The highest BCUT2D eigenvalue weighted by Gasteiger charge is 2.13. The van der Waals surface area contributed by atoms with Gasteiger partial charge in [-0.2, -0.15) is 0 Å². The Morgan fingerprint density at radius 2 is 1.89 bits per heavy atom. The minimum Gasteiger partial charge on any atom is -0.406 e. The summed E-state index contributed by atoms with van der Waals surface area (Å²) in [6, 6.07) is 9.87. The van der Waals surface area contributed by atoms with Gasteiger partial charge < -0.3 is 4.42 Å². The molecule has 2 rings (SSSR count). The van der Waals surface area contributed by atoms with Gasteiger partial charge in [0.05, 0.1) is 6.07 Å². The number of ketones is 1. The molecular formula is C13H10BrNO4. The first-order valence-corrected chi connectivity index (χ1v) is 6.37. The van der Waals surface area contributed by atoms with Crippen molar-refractivity contribution >= 4 is 27.6 Å². The van der Waals surface area contributed by atoms with E-state index in [2.05, 4.69) is 15.9 Å². The first-order valence-electron chi connectivity index (χ1n) is 5.58. The van der Waals surface area contributed by atoms with Gasteiger partial charge in [-0.25, -0.2) is 0 Å². The molecule has 0 amide bonds. The number of halogens is 1. The molecule has 0 bridgehead atoms. The van der Waals surface area contributed by atoms with Crippen molar-refractivity contribution in [1.29, 1.82) is 0 Å². The molecule has 0 saturated heterocycles. The molecular weight excluding hydrogens is 314 g/mol. The molecule has 98 valence electrons. The van der Waals surface area contributed by atoms with Crippen LogP contribution in [0.5, 0.6) is 0 Å². The molecule has 1 aromatic carbocycles. The number of furan rings is 1. The first kappa shape index (κ1) is 13.5. The first-order chi connectivity index (χ1) is 9.06. The van der Waals surface area contributed by atoms with Crippen LogP contribution in [0.3, 0.4) is 0 Å². The SMILES string of the molecule is O=C(CCc1ccc([N+](=O)[O-])o1)c1ccc(Br)cc1. The minimum absolute atomic E-state index is 0.0217. The van der Waals surface area contributed by atoms with E-state index in [0.29, 0.717) is 17.7 Å². The molecule has 0 radical (unpaired) electrons. The summed E-state index contributed by atoms with van der Waals surface area (Å²) >= 11 is 3.30. The van der Waals surface area contributed by atoms with Gasteiger partial charge in [-0.1, -0.05) is 28.1 Å². The van der Waals surface area contributed by atoms with Crippen LogP contribution in [0.4, 0.5) is 5.88 Å². The molecule has 1 aromatic heterocycles. The minimum atomic E-state index is -0.597. The molecule has 2 aromatic rings. The third-order valence-electron chi connectivity index (χ3n) is 2.59. The summed E-state index contributed by atoms with van der Waals surface area (Å²) in [5, 5.41) is 10.4. The molecule has 0 aliphatic rings. The standard InChI is InChI=1S/C13H10BrNO4/c14-10-3-1-9(2-4-10)12(16)7-5-11-6-8-13(19-11)15(17)18/h1-4,6,8H,5,7H2. The van der Waals surface area contributed by atoms with Crippen molar-refractivity contribution in [2.45, 2.75) is 12.8 Å². The van der Waals surface area contributed by atoms with Gasteiger partial charge in [-0.15, -0.1) is 0 Å². The maximum atomic E-state index is 11.9. The van der Waals surface area contributed by atoms with E-state index >= 15 is 0 Å². The third kappa shape index (κ3) is 3.51. The molecule has 0 spiro atoms. The lowest BCUT2D eigenvalue weighted by atomic mass is 10.1. The van der Waals surface area contributed by atoms with E-state index in [9.17, 15) is 14.9 Å². The van der Waals surface area contributed by atoms with Crippen molar-refractivity contribution in [3.05, 3.63) is 62.3 Å². The second kappa shape index (κ2) is 5.79. The number of benzene rings is 1. The summed E-state index contributed by atoms with van der Waals surface area (Å²) in [5.74, 6) is 0.120. The number of rotatable bonds is 5. The fraction of sp³-hybridized carbons (Fsp3) is 0.154. The Labute approximate surface area is 117 Å². The summed E-state index contributed by atoms with van der Waals surface area (Å²) < 4.78 is 5.90. The van der Waals surface area contributed by atoms with Crippen LogP contribution in [-0.2, 0) is 6.42 Å². The number of aryl methyl sites for hydroxylation is 1. The molecule has 0 aliphatic heterocycles. The van der Waals surface area contributed by atoms with E-state index in [0.717, 1.165) is 4.47 Å². The second-order valence-corrected chi connectivity index (χ2v) is 4.84. The summed E-state index contributed by atoms with van der Waals surface area (Å²) in [7, 11) is 0. The average molecular weight is 324 g/mol. The van der Waals surface area contributed by atoms with E-state index in [1.807, 2.05) is 0 Å². The molecule has 6 heteroatoms. The molecule has 5 nitrogen and oxygen atoms in total. The highest BCUT2D eigenvalue weighted by molar-refractivity contribution is 9.10. The summed E-state index contributed by atoms with van der Waals surface area (Å²) in [6.07, 6.45) is 0.606. The van der Waals surface area contributed by atoms with E-state index in [-0.39, 0.29) is 18.1 Å². The van der Waals surface area contributed by atoms with Gasteiger partial charge in [0, 0.05) is 22.9 Å². The fourth-order valence-electron chi connectivity index (χ4n) is 1.62. The monoisotopic (exact) mass is 323 g/mol. The number of hydrogen-bond acceptors (Lipinski definition) is 4. The number of carbonyl (C=O) groups excluding carboxylic acids is 1. The van der Waals surface area contributed by atoms with Gasteiger partial charge >= 0.3 is 5.88 Å². The van der Waals surface area contributed by atoms with E-state index in [1.165, 1.54) is 12.1 Å². The topological polar surface area (TPSA) is 73.3 Å². The van der Waals surface area contributed by atoms with Crippen LogP contribution in [0, 0.1) is 10.1 Å². The second-order valence-electron chi connectivity index (χ2n) is 3.93. The van der Waals surface area contributed by atoms with Crippen LogP contribution >= 0.6 is 15.9 Å². The normalized spacial score (nSPS) is 10.4. The maximum absolute atomic E-state index is 11.9. The van der Waals surface area contributed by atoms with Crippen molar-refractivity contribution in [1.82, 2.24) is 0 Å². The van der Waals surface area contributed by atoms with Gasteiger partial charge in [0.15, 0.2) is 5.78 Å². The molecule has 1 heterocycles. The molecule has 0 unspecified atom stereocenters. The van der Waals surface area contributed by atoms with Gasteiger partial charge in [0.2, 0.25) is 0 Å². The van der Waals surface area contributed by atoms with E-state index in [4.69, 9.17) is 4.42 Å². The van der Waals surface area contributed by atoms with Crippen molar-refractivity contribution in [3.63, 3.8) is 0 Å². The molecule has 0 N–H and O–H groups in total. The third-order valence-corrected chi connectivity index (χ3v) is 3.12. The van der Waals surface area contributed by atoms with Crippen LogP contribution in [-0.4, -0.2) is 10.7 Å². The number of nitro groups is 1. The zero-order valence-electron chi connectivity index (χ0n) is 9.84. The van der Waals surface area contributed by atoms with Crippen molar-refractivity contribution in [3.8, 4) is 0 Å². The largest absolute Gasteiger partial charge is 0.433 e. The van der Waals surface area contributed by atoms with Crippen LogP contribution in [0.1, 0.15) is 22.5 Å². The molecule has 0 atom stereocenters. The maximum Gasteiger partial charge on any atom is 0.433 e. The van der Waals surface area contributed by atoms with E-state index in [1.54, 1.807) is 24.3 Å². The van der Waals surface area contributed by atoms with Crippen LogP contribution in [0.2, 0.25) is 0 Å². The van der Waals surface area contributed by atoms with Crippen LogP contribution in [0.15, 0.2) is 45.3 Å². The highest BCUT2D eigenvalue weighted by Crippen LogP contribution is 2.18. The smallest absolute Gasteiger partial charge is 0.406 e. The fourth-order valence-corrected chi connectivity index (χ4v) is 1.88. The summed E-state index contributed by atoms with van der Waals surface area (Å²) in [6.45, 7) is 0. The molecule has 0 aliphatic carbocycles.